The quantitative estimate of drug-likeness (QED) is 0.858. The van der Waals surface area contributed by atoms with Crippen molar-refractivity contribution >= 4 is 5.82 Å². The van der Waals surface area contributed by atoms with Crippen LogP contribution in [0.4, 0.5) is 5.82 Å². The Morgan fingerprint density at radius 2 is 2.25 bits per heavy atom. The van der Waals surface area contributed by atoms with Gasteiger partial charge in [0.05, 0.1) is 12.1 Å². The number of fused-ring (bicyclic) bond motifs is 1. The first-order chi connectivity index (χ1) is 9.67. The zero-order valence-electron chi connectivity index (χ0n) is 11.8. The minimum Gasteiger partial charge on any atom is -0.464 e. The molecular formula is C16H17N3O. The van der Waals surface area contributed by atoms with Gasteiger partial charge in [-0.15, -0.1) is 0 Å². The number of furan rings is 1. The van der Waals surface area contributed by atoms with Crippen molar-refractivity contribution in [3.63, 3.8) is 0 Å². The van der Waals surface area contributed by atoms with Crippen LogP contribution in [0.15, 0.2) is 22.6 Å². The summed E-state index contributed by atoms with van der Waals surface area (Å²) in [5, 5.41) is 9.33. The first-order valence-electron chi connectivity index (χ1n) is 6.86. The van der Waals surface area contributed by atoms with Crippen LogP contribution >= 0.6 is 0 Å². The van der Waals surface area contributed by atoms with Crippen molar-refractivity contribution in [3.8, 4) is 6.07 Å². The second kappa shape index (κ2) is 5.01. The van der Waals surface area contributed by atoms with E-state index < -0.39 is 0 Å². The van der Waals surface area contributed by atoms with Gasteiger partial charge in [0.1, 0.15) is 23.4 Å². The summed E-state index contributed by atoms with van der Waals surface area (Å²) in [6, 6.07) is 8.17. The van der Waals surface area contributed by atoms with Gasteiger partial charge in [0.15, 0.2) is 0 Å². The predicted molar refractivity (Wildman–Crippen MR) is 76.5 cm³/mol. The molecule has 2 heterocycles. The highest BCUT2D eigenvalue weighted by Crippen LogP contribution is 2.27. The molecule has 0 N–H and O–H groups in total. The van der Waals surface area contributed by atoms with E-state index in [1.807, 2.05) is 37.1 Å². The Labute approximate surface area is 118 Å². The number of hydrogen-bond acceptors (Lipinski definition) is 4. The van der Waals surface area contributed by atoms with Gasteiger partial charge in [-0.3, -0.25) is 0 Å². The summed E-state index contributed by atoms with van der Waals surface area (Å²) in [6.07, 6.45) is 3.19. The number of hydrogen-bond donors (Lipinski definition) is 0. The van der Waals surface area contributed by atoms with Gasteiger partial charge in [-0.2, -0.15) is 5.26 Å². The molecule has 0 aliphatic heterocycles. The molecule has 4 nitrogen and oxygen atoms in total. The lowest BCUT2D eigenvalue weighted by atomic mass is 10.1. The summed E-state index contributed by atoms with van der Waals surface area (Å²) in [5.41, 5.74) is 3.02. The molecule has 2 aromatic heterocycles. The van der Waals surface area contributed by atoms with Crippen molar-refractivity contribution in [2.24, 2.45) is 0 Å². The van der Waals surface area contributed by atoms with E-state index in [4.69, 9.17) is 4.42 Å². The third kappa shape index (κ3) is 2.27. The van der Waals surface area contributed by atoms with Gasteiger partial charge in [0.25, 0.3) is 0 Å². The monoisotopic (exact) mass is 267 g/mol. The van der Waals surface area contributed by atoms with Gasteiger partial charge >= 0.3 is 0 Å². The fraction of sp³-hybridized carbons (Fsp3) is 0.375. The molecule has 0 radical (unpaired) electrons. The zero-order chi connectivity index (χ0) is 14.1. The summed E-state index contributed by atoms with van der Waals surface area (Å²) in [7, 11) is 1.95. The molecule has 4 heteroatoms. The molecule has 0 aromatic carbocycles. The van der Waals surface area contributed by atoms with Crippen LogP contribution in [-0.4, -0.2) is 12.0 Å². The number of anilines is 1. The fourth-order valence-corrected chi connectivity index (χ4v) is 2.71. The third-order valence-electron chi connectivity index (χ3n) is 3.70. The van der Waals surface area contributed by atoms with Crippen molar-refractivity contribution in [1.82, 2.24) is 4.98 Å². The number of nitriles is 1. The summed E-state index contributed by atoms with van der Waals surface area (Å²) in [4.78, 5) is 6.67. The second-order valence-electron chi connectivity index (χ2n) is 5.30. The van der Waals surface area contributed by atoms with Crippen molar-refractivity contribution in [3.05, 3.63) is 46.5 Å². The average molecular weight is 267 g/mol. The average Bonchev–Trinajstić information content (AvgIpc) is 3.05. The highest BCUT2D eigenvalue weighted by molar-refractivity contribution is 5.56. The van der Waals surface area contributed by atoms with Gasteiger partial charge in [-0.05, 0) is 49.9 Å². The van der Waals surface area contributed by atoms with Crippen molar-refractivity contribution in [2.75, 3.05) is 11.9 Å². The topological polar surface area (TPSA) is 53.1 Å². The van der Waals surface area contributed by atoms with Crippen LogP contribution in [0.3, 0.4) is 0 Å². The van der Waals surface area contributed by atoms with E-state index in [0.717, 1.165) is 42.3 Å². The molecule has 3 rings (SSSR count). The van der Waals surface area contributed by atoms with Crippen molar-refractivity contribution in [1.29, 1.82) is 5.26 Å². The summed E-state index contributed by atoms with van der Waals surface area (Å²) in [6.45, 7) is 2.55. The normalized spacial score (nSPS) is 13.1. The van der Waals surface area contributed by atoms with Crippen molar-refractivity contribution in [2.45, 2.75) is 32.7 Å². The van der Waals surface area contributed by atoms with Crippen LogP contribution in [0, 0.1) is 18.3 Å². The Bertz CT molecular complexity index is 682. The second-order valence-corrected chi connectivity index (χ2v) is 5.30. The van der Waals surface area contributed by atoms with Crippen LogP contribution in [0.2, 0.25) is 0 Å². The van der Waals surface area contributed by atoms with Gasteiger partial charge in [0.2, 0.25) is 0 Å². The van der Waals surface area contributed by atoms with E-state index in [1.54, 1.807) is 0 Å². The molecule has 1 aliphatic rings. The molecule has 0 fully saturated rings. The van der Waals surface area contributed by atoms with Crippen LogP contribution in [0.1, 0.15) is 34.8 Å². The smallest absolute Gasteiger partial charge is 0.146 e. The maximum absolute atomic E-state index is 9.33. The lowest BCUT2D eigenvalue weighted by Crippen LogP contribution is -2.19. The number of aromatic nitrogens is 1. The Morgan fingerprint density at radius 1 is 1.40 bits per heavy atom. The van der Waals surface area contributed by atoms with Gasteiger partial charge in [-0.25, -0.2) is 4.98 Å². The van der Waals surface area contributed by atoms with E-state index in [1.165, 1.54) is 5.56 Å². The molecule has 0 bridgehead atoms. The molecule has 20 heavy (non-hydrogen) atoms. The molecular weight excluding hydrogens is 250 g/mol. The maximum atomic E-state index is 9.33. The lowest BCUT2D eigenvalue weighted by Gasteiger charge is -2.19. The van der Waals surface area contributed by atoms with E-state index in [0.29, 0.717) is 12.1 Å². The maximum Gasteiger partial charge on any atom is 0.146 e. The number of pyridine rings is 1. The number of rotatable bonds is 3. The molecule has 0 atom stereocenters. The van der Waals surface area contributed by atoms with Crippen LogP contribution in [0.25, 0.3) is 0 Å². The Balaban J connectivity index is 1.91. The summed E-state index contributed by atoms with van der Waals surface area (Å²) in [5.74, 6) is 2.54. The van der Waals surface area contributed by atoms with E-state index in [9.17, 15) is 5.26 Å². The standard InChI is InChI=1S/C16H17N3O/c1-11-6-7-14(20-11)10-19(2)16-13(9-17)8-12-4-3-5-15(12)18-16/h6-8H,3-5,10H2,1-2H3. The SMILES string of the molecule is Cc1ccc(CN(C)c2nc3c(cc2C#N)CCC3)o1. The predicted octanol–water partition coefficient (Wildman–Crippen LogP) is 2.98. The van der Waals surface area contributed by atoms with E-state index in [-0.39, 0.29) is 0 Å². The molecule has 0 saturated heterocycles. The molecule has 2 aromatic rings. The minimum atomic E-state index is 0.619. The first kappa shape index (κ1) is 12.7. The minimum absolute atomic E-state index is 0.619. The molecule has 0 saturated carbocycles. The first-order valence-corrected chi connectivity index (χ1v) is 6.86. The Kier molecular flexibility index (Phi) is 3.19. The molecule has 1 aliphatic carbocycles. The molecule has 0 spiro atoms. The fourth-order valence-electron chi connectivity index (χ4n) is 2.71. The van der Waals surface area contributed by atoms with E-state index >= 15 is 0 Å². The van der Waals surface area contributed by atoms with Gasteiger partial charge in [0, 0.05) is 12.7 Å². The van der Waals surface area contributed by atoms with Gasteiger partial charge < -0.3 is 9.32 Å². The largest absolute Gasteiger partial charge is 0.464 e. The van der Waals surface area contributed by atoms with Crippen molar-refractivity contribution < 1.29 is 4.42 Å². The van der Waals surface area contributed by atoms with Gasteiger partial charge in [-0.1, -0.05) is 0 Å². The van der Waals surface area contributed by atoms with Crippen LogP contribution in [-0.2, 0) is 19.4 Å². The number of aryl methyl sites for hydroxylation is 3. The summed E-state index contributed by atoms with van der Waals surface area (Å²) < 4.78 is 5.59. The Morgan fingerprint density at radius 3 is 2.95 bits per heavy atom. The van der Waals surface area contributed by atoms with Crippen LogP contribution < -0.4 is 4.90 Å². The third-order valence-corrected chi connectivity index (χ3v) is 3.70. The molecule has 0 unspecified atom stereocenters. The number of nitrogens with zero attached hydrogens (tertiary/aromatic N) is 3. The highest BCUT2D eigenvalue weighted by atomic mass is 16.3. The van der Waals surface area contributed by atoms with Crippen LogP contribution in [0.5, 0.6) is 0 Å². The van der Waals surface area contributed by atoms with E-state index in [2.05, 4.69) is 11.1 Å². The Hall–Kier alpha value is -2.28. The molecule has 102 valence electrons. The summed E-state index contributed by atoms with van der Waals surface area (Å²) >= 11 is 0. The lowest BCUT2D eigenvalue weighted by molar-refractivity contribution is 0.481. The zero-order valence-corrected chi connectivity index (χ0v) is 11.8. The molecule has 0 amide bonds. The highest BCUT2D eigenvalue weighted by Gasteiger charge is 2.19.